The quantitative estimate of drug-likeness (QED) is 0.609. The van der Waals surface area contributed by atoms with Crippen LogP contribution in [0.4, 0.5) is 0 Å². The second kappa shape index (κ2) is 5.53. The Kier molecular flexibility index (Phi) is 3.34. The lowest BCUT2D eigenvalue weighted by Gasteiger charge is -2.06. The molecule has 2 aromatic carbocycles. The Bertz CT molecular complexity index is 1060. The van der Waals surface area contributed by atoms with E-state index >= 15 is 0 Å². The average molecular weight is 318 g/mol. The number of amides is 1. The van der Waals surface area contributed by atoms with Crippen molar-refractivity contribution in [2.45, 2.75) is 13.5 Å². The summed E-state index contributed by atoms with van der Waals surface area (Å²) in [5.74, 6) is -0.0844. The first-order valence-corrected chi connectivity index (χ1v) is 7.89. The van der Waals surface area contributed by atoms with Crippen LogP contribution in [-0.2, 0) is 13.6 Å². The molecule has 1 amide bonds. The number of fused-ring (bicyclic) bond motifs is 2. The zero-order valence-corrected chi connectivity index (χ0v) is 13.6. The lowest BCUT2D eigenvalue weighted by Crippen LogP contribution is -2.23. The van der Waals surface area contributed by atoms with E-state index in [0.29, 0.717) is 12.1 Å². The molecule has 5 heteroatoms. The Hall–Kier alpha value is -3.08. The Morgan fingerprint density at radius 2 is 2.08 bits per heavy atom. The molecule has 0 fully saturated rings. The highest BCUT2D eigenvalue weighted by Gasteiger charge is 2.13. The maximum absolute atomic E-state index is 12.5. The number of carbonyl (C=O) groups excluding carboxylic acids is 1. The average Bonchev–Trinajstić information content (AvgIpc) is 3.17. The van der Waals surface area contributed by atoms with Gasteiger partial charge in [-0.05, 0) is 36.8 Å². The molecule has 0 bridgehead atoms. The minimum absolute atomic E-state index is 0.0844. The van der Waals surface area contributed by atoms with Crippen molar-refractivity contribution < 1.29 is 4.79 Å². The van der Waals surface area contributed by atoms with Crippen molar-refractivity contribution in [3.63, 3.8) is 0 Å². The van der Waals surface area contributed by atoms with Crippen LogP contribution in [0.1, 0.15) is 21.6 Å². The van der Waals surface area contributed by atoms with Crippen LogP contribution < -0.4 is 5.32 Å². The molecule has 5 nitrogen and oxygen atoms in total. The molecular formula is C19H18N4O. The van der Waals surface area contributed by atoms with E-state index in [1.807, 2.05) is 24.3 Å². The molecule has 0 spiro atoms. The summed E-state index contributed by atoms with van der Waals surface area (Å²) < 4.78 is 2.16. The van der Waals surface area contributed by atoms with Crippen LogP contribution in [0.3, 0.4) is 0 Å². The predicted octanol–water partition coefficient (Wildman–Crippen LogP) is 3.29. The second-order valence-electron chi connectivity index (χ2n) is 5.96. The van der Waals surface area contributed by atoms with Gasteiger partial charge in [-0.25, -0.2) is 4.98 Å². The van der Waals surface area contributed by atoms with Crippen LogP contribution in [-0.4, -0.2) is 20.4 Å². The Labute approximate surface area is 139 Å². The summed E-state index contributed by atoms with van der Waals surface area (Å²) >= 11 is 0. The summed E-state index contributed by atoms with van der Waals surface area (Å²) in [5, 5.41) is 4.21. The van der Waals surface area contributed by atoms with E-state index in [2.05, 4.69) is 46.0 Å². The number of nitrogens with zero attached hydrogens (tertiary/aromatic N) is 2. The summed E-state index contributed by atoms with van der Waals surface area (Å²) in [4.78, 5) is 19.7. The van der Waals surface area contributed by atoms with Gasteiger partial charge in [0.05, 0.1) is 17.4 Å². The van der Waals surface area contributed by atoms with Crippen molar-refractivity contribution in [3.05, 3.63) is 65.6 Å². The maximum Gasteiger partial charge on any atom is 0.251 e. The van der Waals surface area contributed by atoms with E-state index in [0.717, 1.165) is 16.6 Å². The number of aromatic nitrogens is 3. The number of hydrogen-bond acceptors (Lipinski definition) is 2. The zero-order chi connectivity index (χ0) is 16.7. The van der Waals surface area contributed by atoms with Gasteiger partial charge in [0.1, 0.15) is 0 Å². The van der Waals surface area contributed by atoms with E-state index in [1.165, 1.54) is 16.6 Å². The number of aromatic amines is 1. The first-order chi connectivity index (χ1) is 11.6. The standard InChI is InChI=1S/C19H18N4O/c1-12-15(14-5-3-4-6-18(14)23(12)2)10-20-19(24)13-7-8-16-17(9-13)22-11-21-16/h3-9,11H,10H2,1-2H3,(H,20,24)(H,21,22). The van der Waals surface area contributed by atoms with Gasteiger partial charge in [-0.3, -0.25) is 4.79 Å². The highest BCUT2D eigenvalue weighted by Crippen LogP contribution is 2.24. The van der Waals surface area contributed by atoms with Gasteiger partial charge in [0.25, 0.3) is 5.91 Å². The molecule has 0 aliphatic heterocycles. The molecule has 4 aromatic rings. The molecular weight excluding hydrogens is 300 g/mol. The third-order valence-electron chi connectivity index (χ3n) is 4.64. The van der Waals surface area contributed by atoms with Crippen molar-refractivity contribution in [3.8, 4) is 0 Å². The van der Waals surface area contributed by atoms with Gasteiger partial charge < -0.3 is 14.9 Å². The molecule has 120 valence electrons. The number of benzene rings is 2. The number of rotatable bonds is 3. The Balaban J connectivity index is 1.60. The van der Waals surface area contributed by atoms with Gasteiger partial charge in [-0.1, -0.05) is 18.2 Å². The third-order valence-corrected chi connectivity index (χ3v) is 4.64. The smallest absolute Gasteiger partial charge is 0.251 e. The summed E-state index contributed by atoms with van der Waals surface area (Å²) in [5.41, 5.74) is 5.85. The first kappa shape index (κ1) is 14.5. The predicted molar refractivity (Wildman–Crippen MR) is 94.9 cm³/mol. The van der Waals surface area contributed by atoms with E-state index < -0.39 is 0 Å². The number of carbonyl (C=O) groups is 1. The van der Waals surface area contributed by atoms with Gasteiger partial charge in [-0.2, -0.15) is 0 Å². The largest absolute Gasteiger partial charge is 0.348 e. The lowest BCUT2D eigenvalue weighted by molar-refractivity contribution is 0.0951. The van der Waals surface area contributed by atoms with E-state index in [9.17, 15) is 4.79 Å². The van der Waals surface area contributed by atoms with Gasteiger partial charge in [0, 0.05) is 35.8 Å². The fourth-order valence-electron chi connectivity index (χ4n) is 3.17. The number of hydrogen-bond donors (Lipinski definition) is 2. The molecule has 0 radical (unpaired) electrons. The summed E-state index contributed by atoms with van der Waals surface area (Å²) in [7, 11) is 2.05. The van der Waals surface area contributed by atoms with Crippen LogP contribution in [0.5, 0.6) is 0 Å². The third kappa shape index (κ3) is 2.25. The van der Waals surface area contributed by atoms with Crippen molar-refractivity contribution in [1.82, 2.24) is 19.9 Å². The molecule has 0 aliphatic rings. The first-order valence-electron chi connectivity index (χ1n) is 7.89. The number of para-hydroxylation sites is 1. The van der Waals surface area contributed by atoms with E-state index in [4.69, 9.17) is 0 Å². The summed E-state index contributed by atoms with van der Waals surface area (Å²) in [6, 6.07) is 13.7. The van der Waals surface area contributed by atoms with Crippen LogP contribution in [0.2, 0.25) is 0 Å². The molecule has 2 heterocycles. The Morgan fingerprint density at radius 3 is 2.96 bits per heavy atom. The minimum atomic E-state index is -0.0844. The van der Waals surface area contributed by atoms with Crippen molar-refractivity contribution in [2.75, 3.05) is 0 Å². The summed E-state index contributed by atoms with van der Waals surface area (Å²) in [6.07, 6.45) is 1.63. The highest BCUT2D eigenvalue weighted by atomic mass is 16.1. The molecule has 0 atom stereocenters. The molecule has 0 saturated heterocycles. The normalized spacial score (nSPS) is 11.2. The molecule has 2 aromatic heterocycles. The molecule has 2 N–H and O–H groups in total. The fraction of sp³-hybridized carbons (Fsp3) is 0.158. The van der Waals surface area contributed by atoms with Crippen LogP contribution >= 0.6 is 0 Å². The summed E-state index contributed by atoms with van der Waals surface area (Å²) in [6.45, 7) is 2.59. The molecule has 4 rings (SSSR count). The van der Waals surface area contributed by atoms with Gasteiger partial charge in [0.15, 0.2) is 0 Å². The maximum atomic E-state index is 12.5. The Morgan fingerprint density at radius 1 is 1.25 bits per heavy atom. The van der Waals surface area contributed by atoms with Crippen molar-refractivity contribution in [2.24, 2.45) is 7.05 Å². The van der Waals surface area contributed by atoms with Crippen molar-refractivity contribution in [1.29, 1.82) is 0 Å². The fourth-order valence-corrected chi connectivity index (χ4v) is 3.17. The van der Waals surface area contributed by atoms with Crippen LogP contribution in [0.15, 0.2) is 48.8 Å². The van der Waals surface area contributed by atoms with E-state index in [-0.39, 0.29) is 5.91 Å². The molecule has 0 unspecified atom stereocenters. The van der Waals surface area contributed by atoms with Crippen molar-refractivity contribution >= 4 is 27.8 Å². The number of nitrogens with one attached hydrogen (secondary N) is 2. The van der Waals surface area contributed by atoms with Gasteiger partial charge in [0.2, 0.25) is 0 Å². The number of H-pyrrole nitrogens is 1. The highest BCUT2D eigenvalue weighted by molar-refractivity contribution is 5.97. The minimum Gasteiger partial charge on any atom is -0.348 e. The SMILES string of the molecule is Cc1c(CNC(=O)c2ccc3nc[nH]c3c2)c2ccccc2n1C. The van der Waals surface area contributed by atoms with Crippen LogP contribution in [0, 0.1) is 6.92 Å². The van der Waals surface area contributed by atoms with Gasteiger partial charge >= 0.3 is 0 Å². The number of imidazole rings is 1. The van der Waals surface area contributed by atoms with Crippen LogP contribution in [0.25, 0.3) is 21.9 Å². The monoisotopic (exact) mass is 318 g/mol. The second-order valence-corrected chi connectivity index (χ2v) is 5.96. The molecule has 0 saturated carbocycles. The molecule has 24 heavy (non-hydrogen) atoms. The lowest BCUT2D eigenvalue weighted by atomic mass is 10.1. The number of aryl methyl sites for hydroxylation is 1. The van der Waals surface area contributed by atoms with Gasteiger partial charge in [-0.15, -0.1) is 0 Å². The molecule has 0 aliphatic carbocycles. The topological polar surface area (TPSA) is 62.7 Å². The van der Waals surface area contributed by atoms with E-state index in [1.54, 1.807) is 12.4 Å². The zero-order valence-electron chi connectivity index (χ0n) is 13.6.